The van der Waals surface area contributed by atoms with E-state index in [1.807, 2.05) is 0 Å². The number of hydrogen-bond acceptors (Lipinski definition) is 5. The number of amides is 1. The SMILES string of the molecule is COc1ccc(C(=O)O)cc1NC(=S)NC(=O)c1ccc(OCC(C)C)cc1. The molecule has 2 aromatic rings. The van der Waals surface area contributed by atoms with Crippen LogP contribution in [-0.2, 0) is 0 Å². The number of carboxylic acids is 1. The molecule has 0 bridgehead atoms. The highest BCUT2D eigenvalue weighted by Gasteiger charge is 2.13. The van der Waals surface area contributed by atoms with Crippen LogP contribution in [0.1, 0.15) is 34.6 Å². The van der Waals surface area contributed by atoms with Crippen molar-refractivity contribution in [2.24, 2.45) is 5.92 Å². The van der Waals surface area contributed by atoms with Crippen LogP contribution >= 0.6 is 12.2 Å². The molecule has 1 amide bonds. The highest BCUT2D eigenvalue weighted by molar-refractivity contribution is 7.80. The fourth-order valence-corrected chi connectivity index (χ4v) is 2.44. The fraction of sp³-hybridized carbons (Fsp3) is 0.250. The Balaban J connectivity index is 2.02. The Kier molecular flexibility index (Phi) is 7.34. The van der Waals surface area contributed by atoms with Crippen LogP contribution in [0.4, 0.5) is 5.69 Å². The number of carboxylic acid groups (broad SMARTS) is 1. The minimum atomic E-state index is -1.08. The van der Waals surface area contributed by atoms with Crippen molar-refractivity contribution in [1.82, 2.24) is 5.32 Å². The molecule has 0 heterocycles. The van der Waals surface area contributed by atoms with E-state index < -0.39 is 11.9 Å². The Hall–Kier alpha value is -3.13. The molecule has 0 fully saturated rings. The summed E-state index contributed by atoms with van der Waals surface area (Å²) in [5.41, 5.74) is 0.812. The molecule has 0 unspecified atom stereocenters. The fourth-order valence-electron chi connectivity index (χ4n) is 2.23. The van der Waals surface area contributed by atoms with Gasteiger partial charge in [0.2, 0.25) is 0 Å². The van der Waals surface area contributed by atoms with Gasteiger partial charge in [0.25, 0.3) is 5.91 Å². The van der Waals surface area contributed by atoms with E-state index in [9.17, 15) is 9.59 Å². The molecule has 148 valence electrons. The van der Waals surface area contributed by atoms with E-state index in [2.05, 4.69) is 24.5 Å². The maximum Gasteiger partial charge on any atom is 0.335 e. The predicted molar refractivity (Wildman–Crippen MR) is 110 cm³/mol. The van der Waals surface area contributed by atoms with Gasteiger partial charge in [-0.15, -0.1) is 0 Å². The van der Waals surface area contributed by atoms with Crippen molar-refractivity contribution < 1.29 is 24.2 Å². The van der Waals surface area contributed by atoms with Gasteiger partial charge in [-0.3, -0.25) is 10.1 Å². The van der Waals surface area contributed by atoms with Crippen molar-refractivity contribution >= 4 is 34.9 Å². The highest BCUT2D eigenvalue weighted by Crippen LogP contribution is 2.25. The number of carbonyl (C=O) groups is 2. The third-order valence-corrected chi connectivity index (χ3v) is 3.83. The Morgan fingerprint density at radius 3 is 2.32 bits per heavy atom. The first kappa shape index (κ1) is 21.2. The lowest BCUT2D eigenvalue weighted by Crippen LogP contribution is -2.34. The predicted octanol–water partition coefficient (Wildman–Crippen LogP) is 3.56. The number of anilines is 1. The van der Waals surface area contributed by atoms with Gasteiger partial charge in [-0.1, -0.05) is 13.8 Å². The minimum Gasteiger partial charge on any atom is -0.495 e. The molecule has 3 N–H and O–H groups in total. The van der Waals surface area contributed by atoms with Crippen molar-refractivity contribution in [3.8, 4) is 11.5 Å². The van der Waals surface area contributed by atoms with E-state index >= 15 is 0 Å². The van der Waals surface area contributed by atoms with Gasteiger partial charge < -0.3 is 19.9 Å². The van der Waals surface area contributed by atoms with Crippen molar-refractivity contribution in [1.29, 1.82) is 0 Å². The number of hydrogen-bond donors (Lipinski definition) is 3. The van der Waals surface area contributed by atoms with Crippen LogP contribution < -0.4 is 20.1 Å². The Bertz CT molecular complexity index is 865. The van der Waals surface area contributed by atoms with Gasteiger partial charge in [0.15, 0.2) is 5.11 Å². The maximum atomic E-state index is 12.3. The quantitative estimate of drug-likeness (QED) is 0.609. The topological polar surface area (TPSA) is 96.9 Å². The number of ether oxygens (including phenoxy) is 2. The summed E-state index contributed by atoms with van der Waals surface area (Å²) in [6, 6.07) is 11.0. The van der Waals surface area contributed by atoms with Crippen molar-refractivity contribution in [2.45, 2.75) is 13.8 Å². The largest absolute Gasteiger partial charge is 0.495 e. The molecule has 0 aromatic heterocycles. The minimum absolute atomic E-state index is 0.0194. The van der Waals surface area contributed by atoms with E-state index in [-0.39, 0.29) is 10.7 Å². The van der Waals surface area contributed by atoms with E-state index in [0.717, 1.165) is 0 Å². The molecular formula is C20H22N2O5S. The van der Waals surface area contributed by atoms with E-state index in [4.69, 9.17) is 26.8 Å². The Morgan fingerprint density at radius 1 is 1.11 bits per heavy atom. The van der Waals surface area contributed by atoms with E-state index in [1.165, 1.54) is 25.3 Å². The van der Waals surface area contributed by atoms with Crippen LogP contribution in [0.5, 0.6) is 11.5 Å². The second-order valence-electron chi connectivity index (χ2n) is 6.36. The molecule has 2 rings (SSSR count). The van der Waals surface area contributed by atoms with Crippen LogP contribution in [-0.4, -0.2) is 35.8 Å². The summed E-state index contributed by atoms with van der Waals surface area (Å²) in [7, 11) is 1.45. The van der Waals surface area contributed by atoms with Crippen LogP contribution in [0.3, 0.4) is 0 Å². The number of rotatable bonds is 7. The second kappa shape index (κ2) is 9.70. The molecule has 8 heteroatoms. The molecule has 28 heavy (non-hydrogen) atoms. The van der Waals surface area contributed by atoms with Gasteiger partial charge >= 0.3 is 5.97 Å². The summed E-state index contributed by atoms with van der Waals surface area (Å²) < 4.78 is 10.8. The molecule has 0 aliphatic carbocycles. The van der Waals surface area contributed by atoms with Gasteiger partial charge in [-0.05, 0) is 60.6 Å². The zero-order valence-electron chi connectivity index (χ0n) is 15.8. The normalized spacial score (nSPS) is 10.3. The molecule has 0 radical (unpaired) electrons. The number of methoxy groups -OCH3 is 1. The van der Waals surface area contributed by atoms with Gasteiger partial charge in [0, 0.05) is 5.56 Å². The van der Waals surface area contributed by atoms with E-state index in [1.54, 1.807) is 24.3 Å². The number of thiocarbonyl (C=S) groups is 1. The number of carbonyl (C=O) groups excluding carboxylic acids is 1. The zero-order chi connectivity index (χ0) is 20.7. The standard InChI is InChI=1S/C20H22N2O5S/c1-12(2)11-27-15-7-4-13(5-8-15)18(23)22-20(28)21-16-10-14(19(24)25)6-9-17(16)26-3/h4-10,12H,11H2,1-3H3,(H,24,25)(H2,21,22,23,28). The highest BCUT2D eigenvalue weighted by atomic mass is 32.1. The summed E-state index contributed by atoms with van der Waals surface area (Å²) >= 11 is 5.15. The Labute approximate surface area is 168 Å². The maximum absolute atomic E-state index is 12.3. The summed E-state index contributed by atoms with van der Waals surface area (Å²) in [5, 5.41) is 14.5. The van der Waals surface area contributed by atoms with Gasteiger partial charge in [-0.2, -0.15) is 0 Å². The van der Waals surface area contributed by atoms with Crippen molar-refractivity contribution in [3.05, 3.63) is 53.6 Å². The number of benzene rings is 2. The van der Waals surface area contributed by atoms with Gasteiger partial charge in [0.05, 0.1) is 25.0 Å². The summed E-state index contributed by atoms with van der Waals surface area (Å²) in [5.74, 6) is -0.000770. The van der Waals surface area contributed by atoms with Crippen LogP contribution in [0.2, 0.25) is 0 Å². The average molecular weight is 402 g/mol. The third-order valence-electron chi connectivity index (χ3n) is 3.62. The second-order valence-corrected chi connectivity index (χ2v) is 6.77. The smallest absolute Gasteiger partial charge is 0.335 e. The monoisotopic (exact) mass is 402 g/mol. The van der Waals surface area contributed by atoms with Gasteiger partial charge in [-0.25, -0.2) is 4.79 Å². The summed E-state index contributed by atoms with van der Waals surface area (Å²) in [6.07, 6.45) is 0. The third kappa shape index (κ3) is 5.95. The van der Waals surface area contributed by atoms with Crippen LogP contribution in [0.25, 0.3) is 0 Å². The van der Waals surface area contributed by atoms with Crippen molar-refractivity contribution in [2.75, 3.05) is 19.0 Å². The molecule has 0 saturated heterocycles. The summed E-state index contributed by atoms with van der Waals surface area (Å²) in [4.78, 5) is 23.5. The lowest BCUT2D eigenvalue weighted by molar-refractivity contribution is 0.0696. The molecule has 2 aromatic carbocycles. The first-order valence-corrected chi connectivity index (χ1v) is 8.97. The molecule has 7 nitrogen and oxygen atoms in total. The lowest BCUT2D eigenvalue weighted by atomic mass is 10.2. The molecule has 0 spiro atoms. The number of aromatic carboxylic acids is 1. The first-order chi connectivity index (χ1) is 13.3. The summed E-state index contributed by atoms with van der Waals surface area (Å²) in [6.45, 7) is 4.70. The lowest BCUT2D eigenvalue weighted by Gasteiger charge is -2.14. The van der Waals surface area contributed by atoms with Crippen LogP contribution in [0, 0.1) is 5.92 Å². The number of nitrogens with one attached hydrogen (secondary N) is 2. The zero-order valence-corrected chi connectivity index (χ0v) is 16.6. The Morgan fingerprint density at radius 2 is 1.75 bits per heavy atom. The average Bonchev–Trinajstić information content (AvgIpc) is 2.66. The molecule has 0 saturated carbocycles. The van der Waals surface area contributed by atoms with E-state index in [0.29, 0.717) is 35.3 Å². The van der Waals surface area contributed by atoms with Crippen LogP contribution in [0.15, 0.2) is 42.5 Å². The van der Waals surface area contributed by atoms with Crippen molar-refractivity contribution in [3.63, 3.8) is 0 Å². The van der Waals surface area contributed by atoms with Gasteiger partial charge in [0.1, 0.15) is 11.5 Å². The molecule has 0 atom stereocenters. The molecular weight excluding hydrogens is 380 g/mol. The first-order valence-electron chi connectivity index (χ1n) is 8.56. The molecule has 0 aliphatic rings. The molecule has 0 aliphatic heterocycles.